The molecule has 1 heteroatoms. The summed E-state index contributed by atoms with van der Waals surface area (Å²) in [6, 6.07) is 7.23. The topological polar surface area (TPSA) is 12.0 Å². The van der Waals surface area contributed by atoms with Crippen LogP contribution in [-0.2, 0) is 19.3 Å². The van der Waals surface area contributed by atoms with Gasteiger partial charge in [-0.1, -0.05) is 39.0 Å². The summed E-state index contributed by atoms with van der Waals surface area (Å²) in [5.74, 6) is 0. The van der Waals surface area contributed by atoms with E-state index in [1.165, 1.54) is 44.9 Å². The molecule has 0 saturated carbocycles. The van der Waals surface area contributed by atoms with Crippen LogP contribution >= 0.6 is 0 Å². The van der Waals surface area contributed by atoms with Crippen molar-refractivity contribution in [2.45, 2.75) is 65.7 Å². The number of nitrogens with one attached hydrogen (secondary N) is 1. The summed E-state index contributed by atoms with van der Waals surface area (Å²) in [6.07, 6.45) is 9.14. The summed E-state index contributed by atoms with van der Waals surface area (Å²) in [6.45, 7) is 9.22. The maximum absolute atomic E-state index is 3.44. The van der Waals surface area contributed by atoms with Crippen LogP contribution in [0.5, 0.6) is 0 Å². The molecule has 1 aliphatic carbocycles. The number of aryl methyl sites for hydroxylation is 3. The minimum absolute atomic E-state index is 0.443. The highest BCUT2D eigenvalue weighted by Gasteiger charge is 2.17. The van der Waals surface area contributed by atoms with Gasteiger partial charge in [-0.05, 0) is 80.1 Å². The predicted molar refractivity (Wildman–Crippen MR) is 88.3 cm³/mol. The van der Waals surface area contributed by atoms with Crippen LogP contribution in [0.15, 0.2) is 18.2 Å². The molecule has 1 aromatic rings. The van der Waals surface area contributed by atoms with Gasteiger partial charge in [-0.15, -0.1) is 0 Å². The maximum Gasteiger partial charge on any atom is -0.00439 e. The lowest BCUT2D eigenvalue weighted by molar-refractivity contribution is 0.303. The van der Waals surface area contributed by atoms with E-state index >= 15 is 0 Å². The van der Waals surface area contributed by atoms with E-state index in [9.17, 15) is 0 Å². The molecule has 1 N–H and O–H groups in total. The normalized spacial score (nSPS) is 15.2. The smallest absolute Gasteiger partial charge is 0.00439 e. The summed E-state index contributed by atoms with van der Waals surface area (Å²) in [4.78, 5) is 0. The highest BCUT2D eigenvalue weighted by molar-refractivity contribution is 5.33. The van der Waals surface area contributed by atoms with Crippen molar-refractivity contribution in [3.63, 3.8) is 0 Å². The molecule has 112 valence electrons. The van der Waals surface area contributed by atoms with Gasteiger partial charge in [0, 0.05) is 0 Å². The summed E-state index contributed by atoms with van der Waals surface area (Å²) in [7, 11) is 0. The maximum atomic E-state index is 3.44. The molecule has 1 nitrogen and oxygen atoms in total. The van der Waals surface area contributed by atoms with E-state index in [1.807, 2.05) is 0 Å². The van der Waals surface area contributed by atoms with Crippen LogP contribution in [0.1, 0.15) is 63.1 Å². The lowest BCUT2D eigenvalue weighted by Gasteiger charge is -2.25. The van der Waals surface area contributed by atoms with Crippen molar-refractivity contribution < 1.29 is 0 Å². The number of benzene rings is 1. The van der Waals surface area contributed by atoms with Gasteiger partial charge in [0.05, 0.1) is 0 Å². The molecule has 1 aromatic carbocycles. The average molecular weight is 273 g/mol. The largest absolute Gasteiger partial charge is 0.317 e. The van der Waals surface area contributed by atoms with Gasteiger partial charge in [-0.25, -0.2) is 0 Å². The molecule has 2 rings (SSSR count). The van der Waals surface area contributed by atoms with Crippen LogP contribution in [0.2, 0.25) is 0 Å². The highest BCUT2D eigenvalue weighted by atomic mass is 14.8. The Balaban J connectivity index is 1.87. The van der Waals surface area contributed by atoms with Crippen molar-refractivity contribution in [1.82, 2.24) is 5.32 Å². The predicted octanol–water partition coefficient (Wildman–Crippen LogP) is 4.52. The summed E-state index contributed by atoms with van der Waals surface area (Å²) in [5, 5.41) is 3.44. The lowest BCUT2D eigenvalue weighted by atomic mass is 9.82. The van der Waals surface area contributed by atoms with Gasteiger partial charge in [0.1, 0.15) is 0 Å². The van der Waals surface area contributed by atoms with Crippen LogP contribution in [0.4, 0.5) is 0 Å². The highest BCUT2D eigenvalue weighted by Crippen LogP contribution is 2.28. The fourth-order valence-electron chi connectivity index (χ4n) is 3.15. The molecule has 0 aromatic heterocycles. The number of fused-ring (bicyclic) bond motifs is 1. The van der Waals surface area contributed by atoms with Crippen LogP contribution in [0.3, 0.4) is 0 Å². The summed E-state index contributed by atoms with van der Waals surface area (Å²) in [5.41, 5.74) is 5.21. The molecule has 0 spiro atoms. The van der Waals surface area contributed by atoms with Crippen LogP contribution < -0.4 is 5.32 Å². The van der Waals surface area contributed by atoms with Gasteiger partial charge in [0.2, 0.25) is 0 Å². The van der Waals surface area contributed by atoms with Gasteiger partial charge in [0.25, 0.3) is 0 Å². The Morgan fingerprint density at radius 1 is 1.05 bits per heavy atom. The number of hydrogen-bond acceptors (Lipinski definition) is 1. The molecule has 0 radical (unpaired) electrons. The molecule has 0 fully saturated rings. The standard InChI is InChI=1S/C19H31N/c1-4-20-14-13-19(2,3)12-11-16-9-10-17-7-5-6-8-18(17)15-16/h9-10,15,20H,4-8,11-14H2,1-3H3. The molecule has 20 heavy (non-hydrogen) atoms. The third kappa shape index (κ3) is 4.63. The zero-order valence-corrected chi connectivity index (χ0v) is 13.6. The van der Waals surface area contributed by atoms with Crippen molar-refractivity contribution in [3.05, 3.63) is 34.9 Å². The first-order chi connectivity index (χ1) is 9.61. The third-order valence-corrected chi connectivity index (χ3v) is 4.73. The van der Waals surface area contributed by atoms with Crippen LogP contribution in [0.25, 0.3) is 0 Å². The zero-order chi connectivity index (χ0) is 14.4. The van der Waals surface area contributed by atoms with E-state index in [4.69, 9.17) is 0 Å². The van der Waals surface area contributed by atoms with E-state index in [2.05, 4.69) is 44.3 Å². The Hall–Kier alpha value is -0.820. The summed E-state index contributed by atoms with van der Waals surface area (Å²) >= 11 is 0. The zero-order valence-electron chi connectivity index (χ0n) is 13.6. The van der Waals surface area contributed by atoms with Crippen LogP contribution in [0, 0.1) is 5.41 Å². The Morgan fingerprint density at radius 2 is 1.80 bits per heavy atom. The lowest BCUT2D eigenvalue weighted by Crippen LogP contribution is -2.22. The fraction of sp³-hybridized carbons (Fsp3) is 0.684. The molecule has 0 saturated heterocycles. The Morgan fingerprint density at radius 3 is 2.55 bits per heavy atom. The Kier molecular flexibility index (Phi) is 5.65. The molecule has 0 bridgehead atoms. The summed E-state index contributed by atoms with van der Waals surface area (Å²) < 4.78 is 0. The second kappa shape index (κ2) is 7.26. The molecular weight excluding hydrogens is 242 g/mol. The first-order valence-corrected chi connectivity index (χ1v) is 8.42. The minimum atomic E-state index is 0.443. The van der Waals surface area contributed by atoms with Crippen molar-refractivity contribution in [2.24, 2.45) is 5.41 Å². The second-order valence-corrected chi connectivity index (χ2v) is 7.08. The van der Waals surface area contributed by atoms with E-state index in [0.717, 1.165) is 13.1 Å². The van der Waals surface area contributed by atoms with Crippen molar-refractivity contribution in [3.8, 4) is 0 Å². The molecule has 0 aliphatic heterocycles. The van der Waals surface area contributed by atoms with E-state index < -0.39 is 0 Å². The number of hydrogen-bond donors (Lipinski definition) is 1. The Bertz CT molecular complexity index is 420. The van der Waals surface area contributed by atoms with E-state index in [1.54, 1.807) is 16.7 Å². The average Bonchev–Trinajstić information content (AvgIpc) is 2.45. The van der Waals surface area contributed by atoms with Gasteiger partial charge in [-0.2, -0.15) is 0 Å². The molecule has 0 unspecified atom stereocenters. The first-order valence-electron chi connectivity index (χ1n) is 8.42. The van der Waals surface area contributed by atoms with Crippen LogP contribution in [-0.4, -0.2) is 13.1 Å². The molecule has 0 amide bonds. The Labute approximate surface area is 125 Å². The SMILES string of the molecule is CCNCCC(C)(C)CCc1ccc2c(c1)CCCC2. The van der Waals surface area contributed by atoms with Crippen molar-refractivity contribution >= 4 is 0 Å². The first kappa shape index (κ1) is 15.6. The third-order valence-electron chi connectivity index (χ3n) is 4.73. The molecule has 0 heterocycles. The molecular formula is C19H31N. The van der Waals surface area contributed by atoms with Gasteiger partial charge >= 0.3 is 0 Å². The second-order valence-electron chi connectivity index (χ2n) is 7.08. The van der Waals surface area contributed by atoms with E-state index in [-0.39, 0.29) is 0 Å². The van der Waals surface area contributed by atoms with E-state index in [0.29, 0.717) is 5.41 Å². The van der Waals surface area contributed by atoms with Gasteiger partial charge in [0.15, 0.2) is 0 Å². The molecule has 1 aliphatic rings. The molecule has 0 atom stereocenters. The monoisotopic (exact) mass is 273 g/mol. The van der Waals surface area contributed by atoms with Gasteiger partial charge < -0.3 is 5.32 Å². The van der Waals surface area contributed by atoms with Crippen molar-refractivity contribution in [1.29, 1.82) is 0 Å². The van der Waals surface area contributed by atoms with Crippen molar-refractivity contribution in [2.75, 3.05) is 13.1 Å². The van der Waals surface area contributed by atoms with Gasteiger partial charge in [-0.3, -0.25) is 0 Å². The fourth-order valence-corrected chi connectivity index (χ4v) is 3.15. The quantitative estimate of drug-likeness (QED) is 0.720. The minimum Gasteiger partial charge on any atom is -0.317 e. The number of rotatable bonds is 7.